The van der Waals surface area contributed by atoms with Gasteiger partial charge in [-0.2, -0.15) is 0 Å². The average Bonchev–Trinajstić information content (AvgIpc) is 2.41. The van der Waals surface area contributed by atoms with Crippen LogP contribution in [0.3, 0.4) is 0 Å². The monoisotopic (exact) mass is 309 g/mol. The zero-order chi connectivity index (χ0) is 16.8. The zero-order valence-corrected chi connectivity index (χ0v) is 13.5. The third-order valence-corrected chi connectivity index (χ3v) is 2.79. The predicted molar refractivity (Wildman–Crippen MR) is 85.4 cm³/mol. The first-order valence-corrected chi connectivity index (χ1v) is 7.31. The van der Waals surface area contributed by atoms with Crippen LogP contribution in [0.5, 0.6) is 5.75 Å². The van der Waals surface area contributed by atoms with Crippen molar-refractivity contribution in [3.63, 3.8) is 0 Å². The SMILES string of the molecule is CCc1cc(B(O)O)ccc1OCCNC(=O)OC(C)(C)C. The molecule has 0 heterocycles. The Morgan fingerprint density at radius 1 is 1.32 bits per heavy atom. The molecular weight excluding hydrogens is 285 g/mol. The van der Waals surface area contributed by atoms with Gasteiger partial charge in [0.1, 0.15) is 18.0 Å². The van der Waals surface area contributed by atoms with Gasteiger partial charge in [0.2, 0.25) is 0 Å². The molecule has 122 valence electrons. The quantitative estimate of drug-likeness (QED) is 0.535. The first-order chi connectivity index (χ1) is 10.2. The Morgan fingerprint density at radius 2 is 2.00 bits per heavy atom. The number of hydrogen-bond donors (Lipinski definition) is 3. The van der Waals surface area contributed by atoms with Gasteiger partial charge in [0, 0.05) is 0 Å². The third kappa shape index (κ3) is 6.36. The maximum atomic E-state index is 11.5. The summed E-state index contributed by atoms with van der Waals surface area (Å²) in [5.41, 5.74) is 0.778. The summed E-state index contributed by atoms with van der Waals surface area (Å²) in [6.07, 6.45) is 0.223. The van der Waals surface area contributed by atoms with E-state index in [2.05, 4.69) is 5.32 Å². The molecule has 6 nitrogen and oxygen atoms in total. The molecule has 0 bridgehead atoms. The second kappa shape index (κ2) is 8.05. The van der Waals surface area contributed by atoms with Crippen LogP contribution in [0.25, 0.3) is 0 Å². The predicted octanol–water partition coefficient (Wildman–Crippen LogP) is 0.832. The molecule has 1 aromatic rings. The summed E-state index contributed by atoms with van der Waals surface area (Å²) in [5.74, 6) is 0.665. The van der Waals surface area contributed by atoms with Crippen molar-refractivity contribution in [2.24, 2.45) is 0 Å². The number of aryl methyl sites for hydroxylation is 1. The minimum atomic E-state index is -1.49. The van der Waals surface area contributed by atoms with E-state index in [9.17, 15) is 4.79 Å². The molecule has 3 N–H and O–H groups in total. The van der Waals surface area contributed by atoms with Gasteiger partial charge in [-0.3, -0.25) is 0 Å². The summed E-state index contributed by atoms with van der Waals surface area (Å²) in [4.78, 5) is 11.5. The normalized spacial score (nSPS) is 11.0. The Labute approximate surface area is 131 Å². The Morgan fingerprint density at radius 3 is 2.55 bits per heavy atom. The van der Waals surface area contributed by atoms with E-state index in [1.54, 1.807) is 39.0 Å². The molecule has 1 aromatic carbocycles. The summed E-state index contributed by atoms with van der Waals surface area (Å²) in [6, 6.07) is 4.99. The number of carbonyl (C=O) groups is 1. The fraction of sp³-hybridized carbons (Fsp3) is 0.533. The van der Waals surface area contributed by atoms with Gasteiger partial charge < -0.3 is 24.8 Å². The zero-order valence-electron chi connectivity index (χ0n) is 13.5. The Bertz CT molecular complexity index is 499. The highest BCUT2D eigenvalue weighted by Crippen LogP contribution is 2.17. The lowest BCUT2D eigenvalue weighted by Crippen LogP contribution is -2.34. The molecule has 0 radical (unpaired) electrons. The van der Waals surface area contributed by atoms with Gasteiger partial charge >= 0.3 is 13.2 Å². The maximum Gasteiger partial charge on any atom is 0.488 e. The van der Waals surface area contributed by atoms with Gasteiger partial charge in [-0.15, -0.1) is 0 Å². The molecule has 22 heavy (non-hydrogen) atoms. The highest BCUT2D eigenvalue weighted by molar-refractivity contribution is 6.58. The lowest BCUT2D eigenvalue weighted by atomic mass is 9.79. The summed E-state index contributed by atoms with van der Waals surface area (Å²) in [5, 5.41) is 20.9. The Kier molecular flexibility index (Phi) is 6.71. The van der Waals surface area contributed by atoms with Crippen molar-refractivity contribution < 1.29 is 24.3 Å². The van der Waals surface area contributed by atoms with Crippen LogP contribution in [0.4, 0.5) is 4.79 Å². The summed E-state index contributed by atoms with van der Waals surface area (Å²) < 4.78 is 10.7. The molecule has 0 aliphatic rings. The first kappa shape index (κ1) is 18.3. The van der Waals surface area contributed by atoms with Crippen molar-refractivity contribution in [3.05, 3.63) is 23.8 Å². The number of hydrogen-bond acceptors (Lipinski definition) is 5. The second-order valence-electron chi connectivity index (χ2n) is 5.87. The van der Waals surface area contributed by atoms with E-state index < -0.39 is 18.8 Å². The number of rotatable bonds is 6. The molecule has 0 fully saturated rings. The highest BCUT2D eigenvalue weighted by atomic mass is 16.6. The molecule has 0 atom stereocenters. The average molecular weight is 309 g/mol. The minimum Gasteiger partial charge on any atom is -0.491 e. The van der Waals surface area contributed by atoms with Crippen LogP contribution in [-0.2, 0) is 11.2 Å². The number of amides is 1. The van der Waals surface area contributed by atoms with Gasteiger partial charge in [0.05, 0.1) is 6.54 Å². The molecule has 1 amide bonds. The summed E-state index contributed by atoms with van der Waals surface area (Å²) in [6.45, 7) is 7.97. The van der Waals surface area contributed by atoms with Gasteiger partial charge in [-0.1, -0.05) is 19.1 Å². The van der Waals surface area contributed by atoms with Gasteiger partial charge in [0.15, 0.2) is 0 Å². The Balaban J connectivity index is 2.47. The molecule has 0 aromatic heterocycles. The summed E-state index contributed by atoms with van der Waals surface area (Å²) >= 11 is 0. The highest BCUT2D eigenvalue weighted by Gasteiger charge is 2.16. The van der Waals surface area contributed by atoms with Crippen LogP contribution in [0.2, 0.25) is 0 Å². The molecule has 0 unspecified atom stereocenters. The van der Waals surface area contributed by atoms with E-state index in [1.165, 1.54) is 0 Å². The number of ether oxygens (including phenoxy) is 2. The van der Waals surface area contributed by atoms with Crippen LogP contribution in [0.1, 0.15) is 33.3 Å². The van der Waals surface area contributed by atoms with E-state index >= 15 is 0 Å². The maximum absolute atomic E-state index is 11.5. The van der Waals surface area contributed by atoms with E-state index in [0.717, 1.165) is 5.56 Å². The van der Waals surface area contributed by atoms with Crippen molar-refractivity contribution in [3.8, 4) is 5.75 Å². The lowest BCUT2D eigenvalue weighted by Gasteiger charge is -2.19. The molecule has 0 aliphatic carbocycles. The number of alkyl carbamates (subject to hydrolysis) is 1. The molecule has 0 spiro atoms. The van der Waals surface area contributed by atoms with Crippen LogP contribution < -0.4 is 15.5 Å². The molecule has 0 saturated heterocycles. The standard InChI is InChI=1S/C15H24BNO5/c1-5-11-10-12(16(19)20)6-7-13(11)21-9-8-17-14(18)22-15(2,3)4/h6-7,10,19-20H,5,8-9H2,1-4H3,(H,17,18). The number of carbonyl (C=O) groups excluding carboxylic acids is 1. The topological polar surface area (TPSA) is 88.0 Å². The van der Waals surface area contributed by atoms with Crippen molar-refractivity contribution in [1.29, 1.82) is 0 Å². The van der Waals surface area contributed by atoms with Crippen LogP contribution in [0, 0.1) is 0 Å². The van der Waals surface area contributed by atoms with Crippen molar-refractivity contribution in [1.82, 2.24) is 5.32 Å². The molecular formula is C15H24BNO5. The molecule has 0 saturated carbocycles. The second-order valence-corrected chi connectivity index (χ2v) is 5.87. The Hall–Kier alpha value is -1.73. The van der Waals surface area contributed by atoms with Gasteiger partial charge in [0.25, 0.3) is 0 Å². The molecule has 7 heteroatoms. The number of benzene rings is 1. The fourth-order valence-electron chi connectivity index (χ4n) is 1.81. The van der Waals surface area contributed by atoms with Gasteiger partial charge in [-0.05, 0) is 44.3 Å². The minimum absolute atomic E-state index is 0.299. The first-order valence-electron chi connectivity index (χ1n) is 7.31. The fourth-order valence-corrected chi connectivity index (χ4v) is 1.81. The van der Waals surface area contributed by atoms with Crippen molar-refractivity contribution >= 4 is 18.7 Å². The van der Waals surface area contributed by atoms with E-state index in [-0.39, 0.29) is 0 Å². The van der Waals surface area contributed by atoms with Crippen LogP contribution >= 0.6 is 0 Å². The van der Waals surface area contributed by atoms with Crippen LogP contribution in [-0.4, -0.2) is 42.0 Å². The lowest BCUT2D eigenvalue weighted by molar-refractivity contribution is 0.0520. The molecule has 0 aliphatic heterocycles. The summed E-state index contributed by atoms with van der Waals surface area (Å²) in [7, 11) is -1.49. The van der Waals surface area contributed by atoms with Crippen molar-refractivity contribution in [2.45, 2.75) is 39.7 Å². The number of nitrogens with one attached hydrogen (secondary N) is 1. The van der Waals surface area contributed by atoms with E-state index in [1.807, 2.05) is 6.92 Å². The van der Waals surface area contributed by atoms with E-state index in [4.69, 9.17) is 19.5 Å². The molecule has 1 rings (SSSR count). The third-order valence-electron chi connectivity index (χ3n) is 2.79. The largest absolute Gasteiger partial charge is 0.491 e. The smallest absolute Gasteiger partial charge is 0.488 e. The van der Waals surface area contributed by atoms with E-state index in [0.29, 0.717) is 30.8 Å². The van der Waals surface area contributed by atoms with Crippen molar-refractivity contribution in [2.75, 3.05) is 13.2 Å². The van der Waals surface area contributed by atoms with Crippen LogP contribution in [0.15, 0.2) is 18.2 Å². The van der Waals surface area contributed by atoms with Gasteiger partial charge in [-0.25, -0.2) is 4.79 Å².